The molecule has 1 aliphatic heterocycles. The maximum Gasteiger partial charge on any atom is 0.278 e. The fraction of sp³-hybridized carbons (Fsp3) is 0.125. The molecule has 3 rings (SSSR count). The van der Waals surface area contributed by atoms with Gasteiger partial charge in [0.1, 0.15) is 0 Å². The predicted octanol–water partition coefficient (Wildman–Crippen LogP) is 1.68. The van der Waals surface area contributed by atoms with Gasteiger partial charge >= 0.3 is 0 Å². The Labute approximate surface area is 133 Å². The van der Waals surface area contributed by atoms with E-state index in [-0.39, 0.29) is 11.3 Å². The van der Waals surface area contributed by atoms with Crippen LogP contribution in [0, 0.1) is 0 Å². The summed E-state index contributed by atoms with van der Waals surface area (Å²) in [5.41, 5.74) is 1.46. The van der Waals surface area contributed by atoms with Gasteiger partial charge in [0.05, 0.1) is 10.6 Å². The lowest BCUT2D eigenvalue weighted by Gasteiger charge is -2.10. The molecule has 0 saturated carbocycles. The van der Waals surface area contributed by atoms with E-state index < -0.39 is 22.0 Å². The van der Waals surface area contributed by atoms with Gasteiger partial charge in [-0.15, -0.1) is 0 Å². The van der Waals surface area contributed by atoms with E-state index in [4.69, 9.17) is 4.84 Å². The van der Waals surface area contributed by atoms with Crippen LogP contribution in [0.2, 0.25) is 0 Å². The quantitative estimate of drug-likeness (QED) is 0.924. The molecule has 118 valence electrons. The minimum absolute atomic E-state index is 0.0237. The minimum Gasteiger partial charge on any atom is -0.382 e. The summed E-state index contributed by atoms with van der Waals surface area (Å²) in [7, 11) is -3.91. The minimum atomic E-state index is -3.91. The van der Waals surface area contributed by atoms with Crippen LogP contribution in [0.1, 0.15) is 12.0 Å². The Morgan fingerprint density at radius 1 is 1.04 bits per heavy atom. The molecule has 0 aliphatic carbocycles. The highest BCUT2D eigenvalue weighted by molar-refractivity contribution is 7.90. The summed E-state index contributed by atoms with van der Waals surface area (Å²) in [5.74, 6) is -0.733. The Kier molecular flexibility index (Phi) is 4.12. The highest BCUT2D eigenvalue weighted by atomic mass is 32.2. The fourth-order valence-corrected chi connectivity index (χ4v) is 3.21. The number of sulfonamides is 1. The van der Waals surface area contributed by atoms with Gasteiger partial charge in [0, 0.05) is 6.42 Å². The number of nitrogens with zero attached hydrogens (tertiary/aromatic N) is 1. The van der Waals surface area contributed by atoms with E-state index in [0.717, 1.165) is 5.56 Å². The zero-order chi connectivity index (χ0) is 16.3. The van der Waals surface area contributed by atoms with Gasteiger partial charge in [-0.3, -0.25) is 4.79 Å². The smallest absolute Gasteiger partial charge is 0.278 e. The lowest BCUT2D eigenvalue weighted by molar-refractivity contribution is -0.129. The molecule has 1 aliphatic rings. The Balaban J connectivity index is 1.67. The maximum atomic E-state index is 12.1. The normalized spacial score (nSPS) is 17.2. The molecule has 0 bridgehead atoms. The summed E-state index contributed by atoms with van der Waals surface area (Å²) >= 11 is 0. The Morgan fingerprint density at radius 2 is 1.65 bits per heavy atom. The third-order valence-electron chi connectivity index (χ3n) is 3.36. The Bertz CT molecular complexity index is 833. The van der Waals surface area contributed by atoms with Crippen molar-refractivity contribution in [3.8, 4) is 0 Å². The third kappa shape index (κ3) is 3.40. The number of hydrogen-bond donors (Lipinski definition) is 1. The van der Waals surface area contributed by atoms with Gasteiger partial charge in [0.25, 0.3) is 15.9 Å². The molecule has 2 aromatic carbocycles. The summed E-state index contributed by atoms with van der Waals surface area (Å²) < 4.78 is 26.3. The number of nitrogens with one attached hydrogen (secondary N) is 1. The number of amides is 1. The topological polar surface area (TPSA) is 84.8 Å². The first kappa shape index (κ1) is 15.2. The average Bonchev–Trinajstić information content (AvgIpc) is 3.06. The second-order valence-electron chi connectivity index (χ2n) is 4.98. The summed E-state index contributed by atoms with van der Waals surface area (Å²) in [6.07, 6.45) is -0.733. The molecule has 1 atom stereocenters. The molecule has 0 spiro atoms. The molecule has 6 nitrogen and oxygen atoms in total. The molecule has 23 heavy (non-hydrogen) atoms. The molecule has 1 N–H and O–H groups in total. The van der Waals surface area contributed by atoms with Crippen molar-refractivity contribution in [2.45, 2.75) is 17.4 Å². The zero-order valence-electron chi connectivity index (χ0n) is 12.0. The molecule has 0 aromatic heterocycles. The van der Waals surface area contributed by atoms with Crippen molar-refractivity contribution in [1.82, 2.24) is 4.72 Å². The lowest BCUT2D eigenvalue weighted by atomic mass is 10.1. The van der Waals surface area contributed by atoms with Crippen molar-refractivity contribution in [3.63, 3.8) is 0 Å². The predicted molar refractivity (Wildman–Crippen MR) is 84.2 cm³/mol. The number of hydrogen-bond acceptors (Lipinski definition) is 5. The molecule has 1 heterocycles. The molecule has 0 radical (unpaired) electrons. The van der Waals surface area contributed by atoms with E-state index in [1.807, 2.05) is 35.1 Å². The number of carbonyl (C=O) groups excluding carboxylic acids is 1. The first-order valence-electron chi connectivity index (χ1n) is 6.96. The van der Waals surface area contributed by atoms with Crippen molar-refractivity contribution < 1.29 is 18.0 Å². The van der Waals surface area contributed by atoms with Gasteiger partial charge in [-0.25, -0.2) is 13.1 Å². The van der Waals surface area contributed by atoms with Crippen LogP contribution in [0.15, 0.2) is 70.7 Å². The number of benzene rings is 2. The van der Waals surface area contributed by atoms with E-state index in [0.29, 0.717) is 5.71 Å². The van der Waals surface area contributed by atoms with Crippen molar-refractivity contribution in [2.75, 3.05) is 0 Å². The van der Waals surface area contributed by atoms with Crippen LogP contribution in [0.3, 0.4) is 0 Å². The van der Waals surface area contributed by atoms with Gasteiger partial charge in [-0.1, -0.05) is 53.7 Å². The molecule has 2 aromatic rings. The Morgan fingerprint density at radius 3 is 2.30 bits per heavy atom. The van der Waals surface area contributed by atoms with Crippen LogP contribution in [0.25, 0.3) is 0 Å². The lowest BCUT2D eigenvalue weighted by Crippen LogP contribution is -2.38. The van der Waals surface area contributed by atoms with Crippen LogP contribution in [0.5, 0.6) is 0 Å². The van der Waals surface area contributed by atoms with Crippen LogP contribution >= 0.6 is 0 Å². The molecule has 1 amide bonds. The molecule has 7 heteroatoms. The standard InChI is InChI=1S/C16H14N2O4S/c19-16(18-23(20,21)13-9-5-2-6-10-13)15-11-14(17-22-15)12-7-3-1-4-8-12/h1-10,15H,11H2,(H,18,19). The van der Waals surface area contributed by atoms with Gasteiger partial charge < -0.3 is 4.84 Å². The van der Waals surface area contributed by atoms with Crippen LogP contribution in [-0.2, 0) is 19.7 Å². The highest BCUT2D eigenvalue weighted by Crippen LogP contribution is 2.17. The van der Waals surface area contributed by atoms with E-state index in [9.17, 15) is 13.2 Å². The van der Waals surface area contributed by atoms with Crippen LogP contribution in [-0.4, -0.2) is 26.1 Å². The van der Waals surface area contributed by atoms with Gasteiger partial charge in [-0.05, 0) is 17.7 Å². The van der Waals surface area contributed by atoms with Gasteiger partial charge in [0.2, 0.25) is 6.10 Å². The average molecular weight is 330 g/mol. The van der Waals surface area contributed by atoms with Crippen molar-refractivity contribution in [2.24, 2.45) is 5.16 Å². The van der Waals surface area contributed by atoms with E-state index in [2.05, 4.69) is 5.16 Å². The summed E-state index contributed by atoms with van der Waals surface area (Å²) in [4.78, 5) is 17.2. The van der Waals surface area contributed by atoms with E-state index in [1.165, 1.54) is 12.1 Å². The number of carbonyl (C=O) groups is 1. The van der Waals surface area contributed by atoms with Gasteiger partial charge in [0.15, 0.2) is 0 Å². The first-order chi connectivity index (χ1) is 11.1. The third-order valence-corrected chi connectivity index (χ3v) is 4.72. The molecular weight excluding hydrogens is 316 g/mol. The highest BCUT2D eigenvalue weighted by Gasteiger charge is 2.31. The largest absolute Gasteiger partial charge is 0.382 e. The zero-order valence-corrected chi connectivity index (χ0v) is 12.9. The number of oxime groups is 1. The molecule has 0 saturated heterocycles. The second kappa shape index (κ2) is 6.21. The maximum absolute atomic E-state index is 12.1. The Hall–Kier alpha value is -2.67. The first-order valence-corrected chi connectivity index (χ1v) is 8.44. The number of rotatable bonds is 4. The molecular formula is C16H14N2O4S. The van der Waals surface area contributed by atoms with E-state index >= 15 is 0 Å². The summed E-state index contributed by atoms with van der Waals surface area (Å²) in [5, 5.41) is 3.87. The van der Waals surface area contributed by atoms with E-state index in [1.54, 1.807) is 18.2 Å². The summed E-state index contributed by atoms with van der Waals surface area (Å²) in [6.45, 7) is 0. The van der Waals surface area contributed by atoms with Crippen LogP contribution < -0.4 is 4.72 Å². The SMILES string of the molecule is O=C(NS(=O)(=O)c1ccccc1)C1CC(c2ccccc2)=NO1. The van der Waals surface area contributed by atoms with Crippen molar-refractivity contribution in [3.05, 3.63) is 66.2 Å². The monoisotopic (exact) mass is 330 g/mol. The fourth-order valence-electron chi connectivity index (χ4n) is 2.18. The second-order valence-corrected chi connectivity index (χ2v) is 6.67. The molecule has 1 unspecified atom stereocenters. The van der Waals surface area contributed by atoms with Gasteiger partial charge in [-0.2, -0.15) is 0 Å². The van der Waals surface area contributed by atoms with Crippen molar-refractivity contribution in [1.29, 1.82) is 0 Å². The van der Waals surface area contributed by atoms with Crippen molar-refractivity contribution >= 4 is 21.6 Å². The molecule has 0 fully saturated rings. The van der Waals surface area contributed by atoms with Crippen LogP contribution in [0.4, 0.5) is 0 Å². The summed E-state index contributed by atoms with van der Waals surface area (Å²) in [6, 6.07) is 17.0.